The van der Waals surface area contributed by atoms with Crippen LogP contribution >= 0.6 is 11.8 Å². The number of hydrogen-bond acceptors (Lipinski definition) is 3. The van der Waals surface area contributed by atoms with Crippen molar-refractivity contribution in [3.63, 3.8) is 0 Å². The second kappa shape index (κ2) is 2.96. The van der Waals surface area contributed by atoms with Crippen molar-refractivity contribution in [1.29, 1.82) is 0 Å². The minimum absolute atomic E-state index is 0.443. The summed E-state index contributed by atoms with van der Waals surface area (Å²) in [4.78, 5) is 0. The predicted octanol–water partition coefficient (Wildman–Crippen LogP) is 1.000. The Labute approximate surface area is 71.9 Å². The van der Waals surface area contributed by atoms with Gasteiger partial charge >= 0.3 is 0 Å². The minimum atomic E-state index is 0.443. The number of rotatable bonds is 0. The van der Waals surface area contributed by atoms with Crippen molar-refractivity contribution in [3.05, 3.63) is 0 Å². The molecule has 2 N–H and O–H groups in total. The first kappa shape index (κ1) is 7.90. The van der Waals surface area contributed by atoms with E-state index in [1.165, 1.54) is 19.3 Å². The van der Waals surface area contributed by atoms with Crippen molar-refractivity contribution >= 4 is 11.8 Å². The highest BCUT2D eigenvalue weighted by atomic mass is 32.2. The molecule has 0 aromatic heterocycles. The fraction of sp³-hybridized carbons (Fsp3) is 1.00. The minimum Gasteiger partial charge on any atom is -0.381 e. The fourth-order valence-corrected chi connectivity index (χ4v) is 3.44. The Morgan fingerprint density at radius 3 is 2.64 bits per heavy atom. The van der Waals surface area contributed by atoms with Gasteiger partial charge in [-0.2, -0.15) is 11.8 Å². The molecule has 2 aliphatic heterocycles. The molecule has 0 aromatic carbocycles. The van der Waals surface area contributed by atoms with Gasteiger partial charge in [0.05, 0.1) is 0 Å². The van der Waals surface area contributed by atoms with E-state index in [1.807, 2.05) is 0 Å². The maximum atomic E-state index is 5.88. The summed E-state index contributed by atoms with van der Waals surface area (Å²) < 4.78 is 5.85. The molecule has 2 heterocycles. The molecule has 1 atom stereocenters. The smallest absolute Gasteiger partial charge is 0.0479 e. The zero-order valence-corrected chi connectivity index (χ0v) is 7.53. The van der Waals surface area contributed by atoms with Crippen molar-refractivity contribution in [1.82, 2.24) is 0 Å². The second-order valence-corrected chi connectivity index (χ2v) is 5.06. The molecule has 2 aliphatic rings. The summed E-state index contributed by atoms with van der Waals surface area (Å²) in [6, 6.07) is 0.443. The molecule has 0 saturated carbocycles. The number of thioether (sulfide) groups is 1. The topological polar surface area (TPSA) is 35.2 Å². The van der Waals surface area contributed by atoms with Crippen LogP contribution in [0.5, 0.6) is 0 Å². The first-order chi connectivity index (χ1) is 5.31. The van der Waals surface area contributed by atoms with E-state index in [1.54, 1.807) is 0 Å². The molecule has 0 aromatic rings. The molecule has 0 radical (unpaired) electrons. The Morgan fingerprint density at radius 1 is 1.36 bits per heavy atom. The van der Waals surface area contributed by atoms with Crippen LogP contribution in [0, 0.1) is 0 Å². The second-order valence-electron chi connectivity index (χ2n) is 3.57. The lowest BCUT2D eigenvalue weighted by Crippen LogP contribution is -2.33. The van der Waals surface area contributed by atoms with Crippen molar-refractivity contribution in [3.8, 4) is 0 Å². The Morgan fingerprint density at radius 2 is 2.09 bits per heavy atom. The van der Waals surface area contributed by atoms with Gasteiger partial charge in [0.1, 0.15) is 0 Å². The summed E-state index contributed by atoms with van der Waals surface area (Å²) in [5.41, 5.74) is 5.88. The average Bonchev–Trinajstić information content (AvgIpc) is 2.34. The van der Waals surface area contributed by atoms with Crippen LogP contribution in [0.1, 0.15) is 19.3 Å². The van der Waals surface area contributed by atoms with Gasteiger partial charge in [0.15, 0.2) is 0 Å². The first-order valence-electron chi connectivity index (χ1n) is 4.28. The Kier molecular flexibility index (Phi) is 2.12. The summed E-state index contributed by atoms with van der Waals surface area (Å²) in [5, 5.41) is 0. The highest BCUT2D eigenvalue weighted by molar-refractivity contribution is 8.01. The number of ether oxygens (including phenoxy) is 1. The summed E-state index contributed by atoms with van der Waals surface area (Å²) in [7, 11) is 0. The maximum absolute atomic E-state index is 5.88. The van der Waals surface area contributed by atoms with Crippen LogP contribution in [0.25, 0.3) is 0 Å². The normalized spacial score (nSPS) is 36.3. The van der Waals surface area contributed by atoms with Gasteiger partial charge in [-0.3, -0.25) is 0 Å². The van der Waals surface area contributed by atoms with Crippen LogP contribution in [-0.2, 0) is 4.74 Å². The molecule has 2 fully saturated rings. The summed E-state index contributed by atoms with van der Waals surface area (Å²) >= 11 is 2.07. The number of nitrogens with two attached hydrogens (primary N) is 1. The van der Waals surface area contributed by atoms with Crippen LogP contribution in [0.15, 0.2) is 0 Å². The Bertz CT molecular complexity index is 140. The van der Waals surface area contributed by atoms with Gasteiger partial charge in [-0.1, -0.05) is 0 Å². The van der Waals surface area contributed by atoms with Gasteiger partial charge in [0.25, 0.3) is 0 Å². The van der Waals surface area contributed by atoms with Gasteiger partial charge in [0.2, 0.25) is 0 Å². The monoisotopic (exact) mass is 173 g/mol. The van der Waals surface area contributed by atoms with E-state index < -0.39 is 0 Å². The van der Waals surface area contributed by atoms with E-state index in [9.17, 15) is 0 Å². The summed E-state index contributed by atoms with van der Waals surface area (Å²) in [5.74, 6) is 1.15. The van der Waals surface area contributed by atoms with Crippen LogP contribution in [0.3, 0.4) is 0 Å². The van der Waals surface area contributed by atoms with Crippen molar-refractivity contribution < 1.29 is 4.74 Å². The van der Waals surface area contributed by atoms with Crippen LogP contribution in [0.4, 0.5) is 0 Å². The Hall–Kier alpha value is 0.270. The van der Waals surface area contributed by atoms with Gasteiger partial charge < -0.3 is 10.5 Å². The van der Waals surface area contributed by atoms with Gasteiger partial charge in [-0.25, -0.2) is 0 Å². The largest absolute Gasteiger partial charge is 0.381 e. The molecule has 0 aliphatic carbocycles. The van der Waals surface area contributed by atoms with Crippen LogP contribution in [0.2, 0.25) is 0 Å². The summed E-state index contributed by atoms with van der Waals surface area (Å²) in [6.45, 7) is 1.89. The predicted molar refractivity (Wildman–Crippen MR) is 47.8 cm³/mol. The molecular weight excluding hydrogens is 158 g/mol. The average molecular weight is 173 g/mol. The molecule has 0 bridgehead atoms. The third kappa shape index (κ3) is 1.55. The van der Waals surface area contributed by atoms with E-state index in [-0.39, 0.29) is 0 Å². The highest BCUT2D eigenvalue weighted by Gasteiger charge is 2.39. The number of hydrogen-bond donors (Lipinski definition) is 1. The Balaban J connectivity index is 1.98. The molecule has 2 nitrogen and oxygen atoms in total. The molecule has 11 heavy (non-hydrogen) atoms. The van der Waals surface area contributed by atoms with E-state index in [2.05, 4.69) is 11.8 Å². The zero-order valence-electron chi connectivity index (χ0n) is 6.71. The third-order valence-electron chi connectivity index (χ3n) is 2.64. The van der Waals surface area contributed by atoms with E-state index >= 15 is 0 Å². The van der Waals surface area contributed by atoms with Crippen LogP contribution in [-0.4, -0.2) is 29.8 Å². The standard InChI is InChI=1S/C8H15NOS/c9-7-5-8(11-6-7)1-3-10-4-2-8/h7H,1-6,9H2. The third-order valence-corrected chi connectivity index (χ3v) is 4.42. The van der Waals surface area contributed by atoms with Crippen molar-refractivity contribution in [2.45, 2.75) is 30.1 Å². The lowest BCUT2D eigenvalue weighted by atomic mass is 9.93. The molecule has 0 amide bonds. The molecule has 3 heteroatoms. The lowest BCUT2D eigenvalue weighted by Gasteiger charge is -2.32. The SMILES string of the molecule is NC1CSC2(CCOCC2)C1. The van der Waals surface area contributed by atoms with E-state index in [0.29, 0.717) is 10.8 Å². The van der Waals surface area contributed by atoms with Crippen LogP contribution < -0.4 is 5.73 Å². The zero-order chi connectivity index (χ0) is 7.73. The first-order valence-corrected chi connectivity index (χ1v) is 5.27. The van der Waals surface area contributed by atoms with Crippen molar-refractivity contribution in [2.24, 2.45) is 5.73 Å². The van der Waals surface area contributed by atoms with Gasteiger partial charge in [-0.05, 0) is 19.3 Å². The van der Waals surface area contributed by atoms with Crippen molar-refractivity contribution in [2.75, 3.05) is 19.0 Å². The van der Waals surface area contributed by atoms with Gasteiger partial charge in [0, 0.05) is 29.8 Å². The molecule has 2 saturated heterocycles. The van der Waals surface area contributed by atoms with Gasteiger partial charge in [-0.15, -0.1) is 0 Å². The van der Waals surface area contributed by atoms with E-state index in [0.717, 1.165) is 19.0 Å². The quantitative estimate of drug-likeness (QED) is 0.593. The maximum Gasteiger partial charge on any atom is 0.0479 e. The molecule has 1 spiro atoms. The fourth-order valence-electron chi connectivity index (χ4n) is 1.97. The summed E-state index contributed by atoms with van der Waals surface area (Å²) in [6.07, 6.45) is 3.64. The lowest BCUT2D eigenvalue weighted by molar-refractivity contribution is 0.0760. The molecular formula is C8H15NOS. The molecule has 64 valence electrons. The molecule has 1 unspecified atom stereocenters. The van der Waals surface area contributed by atoms with E-state index in [4.69, 9.17) is 10.5 Å². The molecule has 2 rings (SSSR count). The highest BCUT2D eigenvalue weighted by Crippen LogP contribution is 2.44.